The van der Waals surface area contributed by atoms with Gasteiger partial charge in [0.25, 0.3) is 5.69 Å². The van der Waals surface area contributed by atoms with Gasteiger partial charge in [-0.3, -0.25) is 10.1 Å². The van der Waals surface area contributed by atoms with Crippen LogP contribution in [0.2, 0.25) is 0 Å². The lowest BCUT2D eigenvalue weighted by Gasteiger charge is -2.19. The molecule has 0 unspecified atom stereocenters. The second-order valence-corrected chi connectivity index (χ2v) is 5.52. The first-order chi connectivity index (χ1) is 10.2. The maximum absolute atomic E-state index is 10.6. The Labute approximate surface area is 122 Å². The third kappa shape index (κ3) is 3.26. The molecule has 1 saturated carbocycles. The summed E-state index contributed by atoms with van der Waals surface area (Å²) in [7, 11) is 0. The quantitative estimate of drug-likeness (QED) is 0.631. The Morgan fingerprint density at radius 2 is 1.90 bits per heavy atom. The van der Waals surface area contributed by atoms with Crippen LogP contribution in [0.25, 0.3) is 11.4 Å². The zero-order valence-corrected chi connectivity index (χ0v) is 11.7. The van der Waals surface area contributed by atoms with Crippen LogP contribution in [0.3, 0.4) is 0 Å². The summed E-state index contributed by atoms with van der Waals surface area (Å²) in [4.78, 5) is 14.6. The number of hydrogen-bond donors (Lipinski definition) is 0. The van der Waals surface area contributed by atoms with Crippen molar-refractivity contribution in [3.8, 4) is 11.4 Å². The second-order valence-electron chi connectivity index (χ2n) is 5.52. The van der Waals surface area contributed by atoms with Crippen molar-refractivity contribution >= 4 is 5.69 Å². The van der Waals surface area contributed by atoms with Gasteiger partial charge in [-0.2, -0.15) is 4.98 Å². The van der Waals surface area contributed by atoms with E-state index < -0.39 is 4.92 Å². The van der Waals surface area contributed by atoms with Gasteiger partial charge in [-0.05, 0) is 30.9 Å². The average molecular weight is 287 g/mol. The highest BCUT2D eigenvalue weighted by molar-refractivity contribution is 5.56. The minimum atomic E-state index is -0.422. The molecule has 6 nitrogen and oxygen atoms in total. The van der Waals surface area contributed by atoms with E-state index in [0.717, 1.165) is 12.0 Å². The van der Waals surface area contributed by atoms with Crippen LogP contribution in [0, 0.1) is 16.0 Å². The van der Waals surface area contributed by atoms with Gasteiger partial charge in [0.2, 0.25) is 11.7 Å². The van der Waals surface area contributed by atoms with E-state index in [1.807, 2.05) is 0 Å². The minimum Gasteiger partial charge on any atom is -0.339 e. The van der Waals surface area contributed by atoms with Gasteiger partial charge in [-0.15, -0.1) is 0 Å². The van der Waals surface area contributed by atoms with Crippen LogP contribution >= 0.6 is 0 Å². The molecule has 0 atom stereocenters. The number of nitro groups is 1. The van der Waals surface area contributed by atoms with E-state index >= 15 is 0 Å². The van der Waals surface area contributed by atoms with Gasteiger partial charge in [-0.1, -0.05) is 24.4 Å². The van der Waals surface area contributed by atoms with E-state index in [9.17, 15) is 10.1 Å². The van der Waals surface area contributed by atoms with Gasteiger partial charge < -0.3 is 4.52 Å². The van der Waals surface area contributed by atoms with Crippen molar-refractivity contribution in [1.82, 2.24) is 10.1 Å². The van der Waals surface area contributed by atoms with Gasteiger partial charge in [0.15, 0.2) is 0 Å². The SMILES string of the molecule is O=[N+]([O-])c1ccc(-c2noc(CC3CCCCC3)n2)cc1. The summed E-state index contributed by atoms with van der Waals surface area (Å²) >= 11 is 0. The first-order valence-electron chi connectivity index (χ1n) is 7.30. The first-order valence-corrected chi connectivity index (χ1v) is 7.30. The van der Waals surface area contributed by atoms with Gasteiger partial charge in [0.05, 0.1) is 4.92 Å². The van der Waals surface area contributed by atoms with E-state index in [2.05, 4.69) is 10.1 Å². The summed E-state index contributed by atoms with van der Waals surface area (Å²) < 4.78 is 5.30. The predicted octanol–water partition coefficient (Wildman–Crippen LogP) is 3.77. The van der Waals surface area contributed by atoms with Crippen molar-refractivity contribution < 1.29 is 9.45 Å². The highest BCUT2D eigenvalue weighted by atomic mass is 16.6. The Morgan fingerprint density at radius 1 is 1.19 bits per heavy atom. The Morgan fingerprint density at radius 3 is 2.57 bits per heavy atom. The zero-order valence-electron chi connectivity index (χ0n) is 11.7. The number of hydrogen-bond acceptors (Lipinski definition) is 5. The van der Waals surface area contributed by atoms with Crippen LogP contribution in [-0.2, 0) is 6.42 Å². The van der Waals surface area contributed by atoms with Crippen LogP contribution in [0.4, 0.5) is 5.69 Å². The zero-order chi connectivity index (χ0) is 14.7. The lowest BCUT2D eigenvalue weighted by Crippen LogP contribution is -2.09. The summed E-state index contributed by atoms with van der Waals surface area (Å²) in [5.74, 6) is 1.80. The molecular weight excluding hydrogens is 270 g/mol. The molecule has 1 heterocycles. The van der Waals surface area contributed by atoms with Crippen LogP contribution < -0.4 is 0 Å². The molecule has 6 heteroatoms. The number of rotatable bonds is 4. The van der Waals surface area contributed by atoms with Gasteiger partial charge in [-0.25, -0.2) is 0 Å². The Hall–Kier alpha value is -2.24. The monoisotopic (exact) mass is 287 g/mol. The van der Waals surface area contributed by atoms with Crippen molar-refractivity contribution in [3.63, 3.8) is 0 Å². The Bertz CT molecular complexity index is 615. The van der Waals surface area contributed by atoms with Gasteiger partial charge >= 0.3 is 0 Å². The normalized spacial score (nSPS) is 16.0. The molecule has 0 radical (unpaired) electrons. The van der Waals surface area contributed by atoms with Crippen molar-refractivity contribution in [2.45, 2.75) is 38.5 Å². The van der Waals surface area contributed by atoms with E-state index in [0.29, 0.717) is 17.6 Å². The minimum absolute atomic E-state index is 0.0599. The molecule has 0 aliphatic heterocycles. The van der Waals surface area contributed by atoms with E-state index in [1.165, 1.54) is 44.2 Å². The van der Waals surface area contributed by atoms with Gasteiger partial charge in [0, 0.05) is 24.1 Å². The molecule has 1 aliphatic rings. The fraction of sp³-hybridized carbons (Fsp3) is 0.467. The average Bonchev–Trinajstić information content (AvgIpc) is 2.97. The largest absolute Gasteiger partial charge is 0.339 e. The standard InChI is InChI=1S/C15H17N3O3/c19-18(20)13-8-6-12(7-9-13)15-16-14(21-17-15)10-11-4-2-1-3-5-11/h6-9,11H,1-5,10H2. The molecule has 1 aromatic carbocycles. The number of benzene rings is 1. The summed E-state index contributed by atoms with van der Waals surface area (Å²) in [6.07, 6.45) is 7.20. The molecule has 0 amide bonds. The van der Waals surface area contributed by atoms with Crippen LogP contribution in [0.5, 0.6) is 0 Å². The summed E-state index contributed by atoms with van der Waals surface area (Å²) in [6, 6.07) is 6.19. The van der Waals surface area contributed by atoms with Crippen molar-refractivity contribution in [2.75, 3.05) is 0 Å². The number of nitro benzene ring substituents is 1. The van der Waals surface area contributed by atoms with Crippen LogP contribution in [0.1, 0.15) is 38.0 Å². The summed E-state index contributed by atoms with van der Waals surface area (Å²) in [6.45, 7) is 0. The molecule has 1 aromatic heterocycles. The molecular formula is C15H17N3O3. The Balaban J connectivity index is 1.70. The molecule has 0 saturated heterocycles. The maximum atomic E-state index is 10.6. The number of aromatic nitrogens is 2. The highest BCUT2D eigenvalue weighted by Crippen LogP contribution is 2.27. The van der Waals surface area contributed by atoms with Crippen LogP contribution in [-0.4, -0.2) is 15.1 Å². The lowest BCUT2D eigenvalue weighted by molar-refractivity contribution is -0.384. The molecule has 0 bridgehead atoms. The summed E-state index contributed by atoms with van der Waals surface area (Å²) in [5.41, 5.74) is 0.795. The molecule has 2 aromatic rings. The highest BCUT2D eigenvalue weighted by Gasteiger charge is 2.18. The van der Waals surface area contributed by atoms with Crippen molar-refractivity contribution in [1.29, 1.82) is 0 Å². The van der Waals surface area contributed by atoms with Crippen molar-refractivity contribution in [2.24, 2.45) is 5.92 Å². The fourth-order valence-electron chi connectivity index (χ4n) is 2.83. The molecule has 1 fully saturated rings. The third-order valence-electron chi connectivity index (χ3n) is 3.99. The molecule has 0 spiro atoms. The molecule has 0 N–H and O–H groups in total. The van der Waals surface area contributed by atoms with Gasteiger partial charge in [0.1, 0.15) is 0 Å². The first kappa shape index (κ1) is 13.7. The van der Waals surface area contributed by atoms with E-state index in [-0.39, 0.29) is 5.69 Å². The van der Waals surface area contributed by atoms with Crippen molar-refractivity contribution in [3.05, 3.63) is 40.3 Å². The maximum Gasteiger partial charge on any atom is 0.269 e. The number of nitrogens with zero attached hydrogens (tertiary/aromatic N) is 3. The van der Waals surface area contributed by atoms with Crippen LogP contribution in [0.15, 0.2) is 28.8 Å². The topological polar surface area (TPSA) is 82.1 Å². The molecule has 3 rings (SSSR count). The lowest BCUT2D eigenvalue weighted by atomic mass is 9.87. The van der Waals surface area contributed by atoms with E-state index in [1.54, 1.807) is 12.1 Å². The number of non-ortho nitro benzene ring substituents is 1. The fourth-order valence-corrected chi connectivity index (χ4v) is 2.83. The third-order valence-corrected chi connectivity index (χ3v) is 3.99. The smallest absolute Gasteiger partial charge is 0.269 e. The molecule has 1 aliphatic carbocycles. The predicted molar refractivity (Wildman–Crippen MR) is 76.7 cm³/mol. The summed E-state index contributed by atoms with van der Waals surface area (Å²) in [5, 5.41) is 14.6. The van der Waals surface area contributed by atoms with E-state index in [4.69, 9.17) is 4.52 Å². The second kappa shape index (κ2) is 6.03. The molecule has 110 valence electrons. The molecule has 21 heavy (non-hydrogen) atoms. The Kier molecular flexibility index (Phi) is 3.94.